The summed E-state index contributed by atoms with van der Waals surface area (Å²) in [5.74, 6) is 0.897. The molecular weight excluding hydrogens is 266 g/mol. The van der Waals surface area contributed by atoms with Crippen LogP contribution in [-0.2, 0) is 6.54 Å². The van der Waals surface area contributed by atoms with E-state index in [1.165, 1.54) is 56.6 Å². The summed E-state index contributed by atoms with van der Waals surface area (Å²) in [7, 11) is 0. The van der Waals surface area contributed by atoms with Crippen LogP contribution >= 0.6 is 11.3 Å². The van der Waals surface area contributed by atoms with Gasteiger partial charge in [0.2, 0.25) is 0 Å². The fourth-order valence-corrected chi connectivity index (χ4v) is 4.48. The van der Waals surface area contributed by atoms with Gasteiger partial charge in [0.25, 0.3) is 0 Å². The molecule has 0 aromatic carbocycles. The molecule has 1 saturated carbocycles. The molecule has 1 saturated heterocycles. The zero-order valence-electron chi connectivity index (χ0n) is 12.6. The van der Waals surface area contributed by atoms with E-state index in [9.17, 15) is 0 Å². The molecule has 0 spiro atoms. The van der Waals surface area contributed by atoms with Crippen LogP contribution in [0.25, 0.3) is 0 Å². The van der Waals surface area contributed by atoms with Crippen LogP contribution in [0.15, 0.2) is 11.6 Å². The average Bonchev–Trinajstić information content (AvgIpc) is 3.01. The Labute approximate surface area is 126 Å². The first kappa shape index (κ1) is 14.5. The van der Waals surface area contributed by atoms with E-state index in [1.807, 2.05) is 6.20 Å². The number of nitrogens with one attached hydrogen (secondary N) is 1. The smallest absolute Gasteiger partial charge is 0.107 e. The van der Waals surface area contributed by atoms with Crippen molar-refractivity contribution in [3.8, 4) is 0 Å². The summed E-state index contributed by atoms with van der Waals surface area (Å²) in [4.78, 5) is 7.22. The van der Waals surface area contributed by atoms with Crippen molar-refractivity contribution in [2.45, 2.75) is 64.1 Å². The fourth-order valence-electron chi connectivity index (χ4n) is 3.84. The lowest BCUT2D eigenvalue weighted by Gasteiger charge is -2.44. The maximum Gasteiger partial charge on any atom is 0.107 e. The summed E-state index contributed by atoms with van der Waals surface area (Å²) < 4.78 is 0. The van der Waals surface area contributed by atoms with Gasteiger partial charge in [-0.15, -0.1) is 11.3 Å². The Bertz CT molecular complexity index is 386. The molecule has 1 aromatic heterocycles. The Morgan fingerprint density at radius 1 is 1.35 bits per heavy atom. The Morgan fingerprint density at radius 2 is 2.20 bits per heavy atom. The number of hydrogen-bond acceptors (Lipinski definition) is 4. The standard InChI is InChI=1S/C16H27N3S/c1-2-14-11-19(12-16-17-8-9-20-16)15(10-18-14)13-6-4-3-5-7-13/h8-9,13-15,18H,2-7,10-12H2,1H3. The molecule has 2 unspecified atom stereocenters. The van der Waals surface area contributed by atoms with Crippen molar-refractivity contribution in [2.75, 3.05) is 13.1 Å². The van der Waals surface area contributed by atoms with E-state index < -0.39 is 0 Å². The minimum Gasteiger partial charge on any atom is -0.311 e. The molecule has 112 valence electrons. The van der Waals surface area contributed by atoms with Gasteiger partial charge in [-0.05, 0) is 25.2 Å². The maximum atomic E-state index is 4.50. The monoisotopic (exact) mass is 293 g/mol. The molecule has 3 rings (SSSR count). The highest BCUT2D eigenvalue weighted by Gasteiger charge is 2.33. The fraction of sp³-hybridized carbons (Fsp3) is 0.812. The third-order valence-corrected chi connectivity index (χ3v) is 5.81. The van der Waals surface area contributed by atoms with Gasteiger partial charge in [0.05, 0.1) is 6.54 Å². The van der Waals surface area contributed by atoms with E-state index in [0.29, 0.717) is 6.04 Å². The molecule has 1 aromatic rings. The van der Waals surface area contributed by atoms with Crippen molar-refractivity contribution in [1.29, 1.82) is 0 Å². The summed E-state index contributed by atoms with van der Waals surface area (Å²) >= 11 is 1.80. The first-order chi connectivity index (χ1) is 9.86. The van der Waals surface area contributed by atoms with Crippen LogP contribution in [0.2, 0.25) is 0 Å². The van der Waals surface area contributed by atoms with Gasteiger partial charge in [-0.1, -0.05) is 26.2 Å². The van der Waals surface area contributed by atoms with Crippen molar-refractivity contribution in [2.24, 2.45) is 5.92 Å². The Kier molecular flexibility index (Phi) is 5.08. The van der Waals surface area contributed by atoms with Crippen LogP contribution in [0.3, 0.4) is 0 Å². The molecule has 20 heavy (non-hydrogen) atoms. The van der Waals surface area contributed by atoms with Crippen molar-refractivity contribution in [1.82, 2.24) is 15.2 Å². The van der Waals surface area contributed by atoms with Crippen LogP contribution < -0.4 is 5.32 Å². The quantitative estimate of drug-likeness (QED) is 0.923. The number of piperazine rings is 1. The van der Waals surface area contributed by atoms with E-state index in [0.717, 1.165) is 18.5 Å². The maximum absolute atomic E-state index is 4.50. The lowest BCUT2D eigenvalue weighted by Crippen LogP contribution is -2.58. The molecule has 0 amide bonds. The van der Waals surface area contributed by atoms with Crippen LogP contribution in [0.5, 0.6) is 0 Å². The van der Waals surface area contributed by atoms with Crippen molar-refractivity contribution in [3.05, 3.63) is 16.6 Å². The first-order valence-corrected chi connectivity index (χ1v) is 9.10. The minimum absolute atomic E-state index is 0.662. The van der Waals surface area contributed by atoms with E-state index in [1.54, 1.807) is 11.3 Å². The van der Waals surface area contributed by atoms with E-state index in [-0.39, 0.29) is 0 Å². The molecule has 3 nitrogen and oxygen atoms in total. The SMILES string of the molecule is CCC1CN(Cc2nccs2)C(C2CCCCC2)CN1. The third kappa shape index (κ3) is 3.41. The van der Waals surface area contributed by atoms with Crippen LogP contribution in [0, 0.1) is 5.92 Å². The number of rotatable bonds is 4. The van der Waals surface area contributed by atoms with E-state index in [2.05, 4.69) is 27.5 Å². The molecule has 1 aliphatic heterocycles. The molecule has 1 N–H and O–H groups in total. The normalized spacial score (nSPS) is 29.6. The summed E-state index contributed by atoms with van der Waals surface area (Å²) in [5, 5.41) is 7.15. The molecule has 2 aliphatic rings. The topological polar surface area (TPSA) is 28.2 Å². The number of aromatic nitrogens is 1. The van der Waals surface area contributed by atoms with Gasteiger partial charge in [-0.2, -0.15) is 0 Å². The van der Waals surface area contributed by atoms with Gasteiger partial charge in [0.15, 0.2) is 0 Å². The highest BCUT2D eigenvalue weighted by Crippen LogP contribution is 2.31. The second-order valence-corrected chi connectivity index (χ2v) is 7.31. The third-order valence-electron chi connectivity index (χ3n) is 5.05. The summed E-state index contributed by atoms with van der Waals surface area (Å²) in [6.07, 6.45) is 10.3. The van der Waals surface area contributed by atoms with Crippen LogP contribution in [0.1, 0.15) is 50.5 Å². The summed E-state index contributed by atoms with van der Waals surface area (Å²) in [5.41, 5.74) is 0. The van der Waals surface area contributed by atoms with E-state index >= 15 is 0 Å². The van der Waals surface area contributed by atoms with Gasteiger partial charge in [-0.3, -0.25) is 4.90 Å². The van der Waals surface area contributed by atoms with Gasteiger partial charge < -0.3 is 5.32 Å². The molecule has 4 heteroatoms. The molecule has 0 radical (unpaired) electrons. The number of thiazole rings is 1. The highest BCUT2D eigenvalue weighted by molar-refractivity contribution is 7.09. The Hall–Kier alpha value is -0.450. The van der Waals surface area contributed by atoms with Crippen LogP contribution in [-0.4, -0.2) is 35.1 Å². The number of hydrogen-bond donors (Lipinski definition) is 1. The van der Waals surface area contributed by atoms with Crippen molar-refractivity contribution in [3.63, 3.8) is 0 Å². The lowest BCUT2D eigenvalue weighted by atomic mass is 9.82. The van der Waals surface area contributed by atoms with Crippen LogP contribution in [0.4, 0.5) is 0 Å². The second-order valence-electron chi connectivity index (χ2n) is 6.33. The lowest BCUT2D eigenvalue weighted by molar-refractivity contribution is 0.0644. The zero-order valence-corrected chi connectivity index (χ0v) is 13.4. The largest absolute Gasteiger partial charge is 0.311 e. The van der Waals surface area contributed by atoms with Gasteiger partial charge in [0.1, 0.15) is 5.01 Å². The second kappa shape index (κ2) is 7.01. The molecule has 2 fully saturated rings. The van der Waals surface area contributed by atoms with Gasteiger partial charge in [0, 0.05) is 36.8 Å². The average molecular weight is 293 g/mol. The molecular formula is C16H27N3S. The molecule has 2 heterocycles. The molecule has 0 bridgehead atoms. The van der Waals surface area contributed by atoms with Gasteiger partial charge in [-0.25, -0.2) is 4.98 Å². The zero-order chi connectivity index (χ0) is 13.8. The first-order valence-electron chi connectivity index (χ1n) is 8.22. The molecule has 2 atom stereocenters. The Balaban J connectivity index is 1.68. The predicted molar refractivity (Wildman–Crippen MR) is 85.0 cm³/mol. The summed E-state index contributed by atoms with van der Waals surface area (Å²) in [6, 6.07) is 1.39. The van der Waals surface area contributed by atoms with Crippen molar-refractivity contribution >= 4 is 11.3 Å². The highest BCUT2D eigenvalue weighted by atomic mass is 32.1. The molecule has 1 aliphatic carbocycles. The van der Waals surface area contributed by atoms with Crippen molar-refractivity contribution < 1.29 is 0 Å². The summed E-state index contributed by atoms with van der Waals surface area (Å²) in [6.45, 7) is 5.71. The number of nitrogens with zero attached hydrogens (tertiary/aromatic N) is 2. The minimum atomic E-state index is 0.662. The van der Waals surface area contributed by atoms with Gasteiger partial charge >= 0.3 is 0 Å². The van der Waals surface area contributed by atoms with E-state index in [4.69, 9.17) is 0 Å². The Morgan fingerprint density at radius 3 is 2.90 bits per heavy atom. The predicted octanol–water partition coefficient (Wildman–Crippen LogP) is 3.28.